The number of aryl methyl sites for hydroxylation is 2. The summed E-state index contributed by atoms with van der Waals surface area (Å²) < 4.78 is 31.4. The van der Waals surface area contributed by atoms with E-state index < -0.39 is 16.1 Å². The lowest BCUT2D eigenvalue weighted by Gasteiger charge is -2.31. The van der Waals surface area contributed by atoms with Gasteiger partial charge in [-0.15, -0.1) is 0 Å². The number of methoxy groups -OCH3 is 1. The van der Waals surface area contributed by atoms with E-state index in [1.807, 2.05) is 39.0 Å². The molecule has 2 rings (SSSR count). The van der Waals surface area contributed by atoms with E-state index in [4.69, 9.17) is 4.74 Å². The summed E-state index contributed by atoms with van der Waals surface area (Å²) in [5.74, 6) is 0.280. The SMILES string of the molecule is CC[C@@H](C(=O)N[C@H](C)c1ccc(C)c(C)c1)N(c1ccc(OC)cc1)S(C)(=O)=O. The molecule has 0 fully saturated rings. The van der Waals surface area contributed by atoms with Crippen molar-refractivity contribution in [1.82, 2.24) is 5.32 Å². The van der Waals surface area contributed by atoms with Crippen molar-refractivity contribution in [3.63, 3.8) is 0 Å². The minimum atomic E-state index is -3.67. The number of carbonyl (C=O) groups excluding carboxylic acids is 1. The fraction of sp³-hybridized carbons (Fsp3) is 0.409. The van der Waals surface area contributed by atoms with E-state index in [1.165, 1.54) is 9.87 Å². The minimum Gasteiger partial charge on any atom is -0.497 e. The van der Waals surface area contributed by atoms with Gasteiger partial charge in [-0.1, -0.05) is 25.1 Å². The van der Waals surface area contributed by atoms with Crippen molar-refractivity contribution in [2.24, 2.45) is 0 Å². The Hall–Kier alpha value is -2.54. The number of sulfonamides is 1. The number of nitrogens with zero attached hydrogens (tertiary/aromatic N) is 1. The molecule has 0 radical (unpaired) electrons. The number of rotatable bonds is 8. The number of anilines is 1. The lowest BCUT2D eigenvalue weighted by Crippen LogP contribution is -2.49. The molecule has 0 heterocycles. The molecule has 29 heavy (non-hydrogen) atoms. The first-order chi connectivity index (χ1) is 13.6. The van der Waals surface area contributed by atoms with Gasteiger partial charge in [-0.3, -0.25) is 9.10 Å². The van der Waals surface area contributed by atoms with Gasteiger partial charge in [0.05, 0.1) is 25.1 Å². The van der Waals surface area contributed by atoms with Crippen LogP contribution in [0.15, 0.2) is 42.5 Å². The molecule has 0 bridgehead atoms. The highest BCUT2D eigenvalue weighted by Crippen LogP contribution is 2.26. The normalized spacial score (nSPS) is 13.4. The second-order valence-electron chi connectivity index (χ2n) is 7.25. The predicted octanol–water partition coefficient (Wildman–Crippen LogP) is 3.73. The summed E-state index contributed by atoms with van der Waals surface area (Å²) >= 11 is 0. The number of amides is 1. The molecule has 158 valence electrons. The Labute approximate surface area is 173 Å². The molecular weight excluding hydrogens is 388 g/mol. The summed E-state index contributed by atoms with van der Waals surface area (Å²) in [6, 6.07) is 11.6. The van der Waals surface area contributed by atoms with Gasteiger partial charge in [0.1, 0.15) is 11.8 Å². The summed E-state index contributed by atoms with van der Waals surface area (Å²) in [6.07, 6.45) is 1.45. The molecule has 2 aromatic carbocycles. The van der Waals surface area contributed by atoms with Gasteiger partial charge in [0.2, 0.25) is 15.9 Å². The first-order valence-corrected chi connectivity index (χ1v) is 11.4. The average molecular weight is 419 g/mol. The average Bonchev–Trinajstić information content (AvgIpc) is 2.67. The van der Waals surface area contributed by atoms with E-state index in [2.05, 4.69) is 5.32 Å². The number of hydrogen-bond donors (Lipinski definition) is 1. The van der Waals surface area contributed by atoms with E-state index in [0.29, 0.717) is 17.9 Å². The highest BCUT2D eigenvalue weighted by Gasteiger charge is 2.32. The lowest BCUT2D eigenvalue weighted by atomic mass is 10.0. The molecule has 0 aromatic heterocycles. The molecule has 2 atom stereocenters. The summed E-state index contributed by atoms with van der Waals surface area (Å²) in [7, 11) is -2.13. The number of ether oxygens (including phenoxy) is 1. The van der Waals surface area contributed by atoms with Crippen LogP contribution in [0.25, 0.3) is 0 Å². The number of carbonyl (C=O) groups is 1. The van der Waals surface area contributed by atoms with Gasteiger partial charge in [-0.25, -0.2) is 8.42 Å². The van der Waals surface area contributed by atoms with E-state index in [0.717, 1.165) is 17.4 Å². The monoisotopic (exact) mass is 418 g/mol. The van der Waals surface area contributed by atoms with Crippen molar-refractivity contribution in [3.05, 3.63) is 59.2 Å². The Morgan fingerprint density at radius 1 is 1.10 bits per heavy atom. The zero-order valence-electron chi connectivity index (χ0n) is 17.9. The third-order valence-corrected chi connectivity index (χ3v) is 6.23. The molecule has 0 unspecified atom stereocenters. The summed E-state index contributed by atoms with van der Waals surface area (Å²) in [4.78, 5) is 13.1. The maximum absolute atomic E-state index is 13.1. The van der Waals surface area contributed by atoms with E-state index >= 15 is 0 Å². The van der Waals surface area contributed by atoms with Gasteiger partial charge in [0.15, 0.2) is 0 Å². The molecule has 1 amide bonds. The Kier molecular flexibility index (Phi) is 7.30. The smallest absolute Gasteiger partial charge is 0.244 e. The van der Waals surface area contributed by atoms with Crippen LogP contribution >= 0.6 is 0 Å². The number of nitrogens with one attached hydrogen (secondary N) is 1. The maximum atomic E-state index is 13.1. The third kappa shape index (κ3) is 5.50. The van der Waals surface area contributed by atoms with Crippen molar-refractivity contribution >= 4 is 21.6 Å². The topological polar surface area (TPSA) is 75.7 Å². The summed E-state index contributed by atoms with van der Waals surface area (Å²) in [5, 5.41) is 2.97. The number of hydrogen-bond acceptors (Lipinski definition) is 4. The van der Waals surface area contributed by atoms with Crippen molar-refractivity contribution in [1.29, 1.82) is 0 Å². The fourth-order valence-corrected chi connectivity index (χ4v) is 4.43. The van der Waals surface area contributed by atoms with Gasteiger partial charge in [-0.2, -0.15) is 0 Å². The lowest BCUT2D eigenvalue weighted by molar-refractivity contribution is -0.122. The van der Waals surface area contributed by atoms with Gasteiger partial charge < -0.3 is 10.1 Å². The Bertz CT molecular complexity index is 955. The van der Waals surface area contributed by atoms with Crippen LogP contribution in [-0.4, -0.2) is 33.7 Å². The second kappa shape index (κ2) is 9.31. The molecule has 2 aromatic rings. The zero-order chi connectivity index (χ0) is 21.8. The zero-order valence-corrected chi connectivity index (χ0v) is 18.7. The molecular formula is C22H30N2O4S. The van der Waals surface area contributed by atoms with Gasteiger partial charge in [0, 0.05) is 0 Å². The van der Waals surface area contributed by atoms with Crippen molar-refractivity contribution in [3.8, 4) is 5.75 Å². The highest BCUT2D eigenvalue weighted by molar-refractivity contribution is 7.92. The Morgan fingerprint density at radius 3 is 2.21 bits per heavy atom. The molecule has 1 N–H and O–H groups in total. The Balaban J connectivity index is 2.30. The minimum absolute atomic E-state index is 0.242. The molecule has 0 spiro atoms. The second-order valence-corrected chi connectivity index (χ2v) is 9.11. The van der Waals surface area contributed by atoms with Crippen LogP contribution in [-0.2, 0) is 14.8 Å². The van der Waals surface area contributed by atoms with Crippen LogP contribution in [0.5, 0.6) is 5.75 Å². The third-order valence-electron chi connectivity index (χ3n) is 5.05. The highest BCUT2D eigenvalue weighted by atomic mass is 32.2. The standard InChI is InChI=1S/C22H30N2O4S/c1-7-21(22(25)23-17(4)18-9-8-15(2)16(3)14-18)24(29(6,26)27)19-10-12-20(28-5)13-11-19/h8-14,17,21H,7H2,1-6H3,(H,23,25)/t17-,21+/m1/s1. The van der Waals surface area contributed by atoms with Crippen LogP contribution < -0.4 is 14.4 Å². The molecule has 0 aliphatic heterocycles. The van der Waals surface area contributed by atoms with Crippen LogP contribution in [0.4, 0.5) is 5.69 Å². The summed E-state index contributed by atoms with van der Waals surface area (Å²) in [5.41, 5.74) is 3.73. The first kappa shape index (κ1) is 22.7. The van der Waals surface area contributed by atoms with Crippen LogP contribution in [0.3, 0.4) is 0 Å². The molecule has 0 aliphatic carbocycles. The van der Waals surface area contributed by atoms with Gasteiger partial charge in [-0.05, 0) is 68.1 Å². The van der Waals surface area contributed by atoms with Gasteiger partial charge in [0.25, 0.3) is 0 Å². The van der Waals surface area contributed by atoms with Crippen LogP contribution in [0.1, 0.15) is 43.0 Å². The predicted molar refractivity (Wildman–Crippen MR) is 117 cm³/mol. The molecule has 0 saturated carbocycles. The fourth-order valence-electron chi connectivity index (χ4n) is 3.22. The number of benzene rings is 2. The van der Waals surface area contributed by atoms with Crippen molar-refractivity contribution in [2.75, 3.05) is 17.7 Å². The van der Waals surface area contributed by atoms with Crippen LogP contribution in [0.2, 0.25) is 0 Å². The molecule has 0 aliphatic rings. The van der Waals surface area contributed by atoms with Crippen molar-refractivity contribution < 1.29 is 17.9 Å². The quantitative estimate of drug-likeness (QED) is 0.709. The maximum Gasteiger partial charge on any atom is 0.244 e. The van der Waals surface area contributed by atoms with E-state index in [9.17, 15) is 13.2 Å². The Morgan fingerprint density at radius 2 is 1.72 bits per heavy atom. The van der Waals surface area contributed by atoms with Crippen LogP contribution in [0, 0.1) is 13.8 Å². The summed E-state index contributed by atoms with van der Waals surface area (Å²) in [6.45, 7) is 7.76. The molecule has 6 nitrogen and oxygen atoms in total. The first-order valence-electron chi connectivity index (χ1n) is 9.59. The van der Waals surface area contributed by atoms with E-state index in [-0.39, 0.29) is 11.9 Å². The molecule has 0 saturated heterocycles. The van der Waals surface area contributed by atoms with Crippen molar-refractivity contribution in [2.45, 2.75) is 46.2 Å². The molecule has 7 heteroatoms. The van der Waals surface area contributed by atoms with E-state index in [1.54, 1.807) is 38.3 Å². The van der Waals surface area contributed by atoms with Gasteiger partial charge >= 0.3 is 0 Å². The largest absolute Gasteiger partial charge is 0.497 e.